The second-order valence-electron chi connectivity index (χ2n) is 9.52. The summed E-state index contributed by atoms with van der Waals surface area (Å²) in [6.07, 6.45) is 5.22. The minimum atomic E-state index is -0.297. The molecule has 0 spiro atoms. The minimum Gasteiger partial charge on any atom is -0.373 e. The number of H-pyrrole nitrogens is 1. The molecule has 5 rings (SSSR count). The lowest BCUT2D eigenvalue weighted by molar-refractivity contribution is -0.121. The predicted molar refractivity (Wildman–Crippen MR) is 142 cm³/mol. The Bertz CT molecular complexity index is 1440. The molecule has 1 fully saturated rings. The fourth-order valence-corrected chi connectivity index (χ4v) is 5.92. The molecular formula is C25H30N8O3S. The van der Waals surface area contributed by atoms with Crippen LogP contribution in [0.25, 0.3) is 15.3 Å². The third kappa shape index (κ3) is 5.26. The summed E-state index contributed by atoms with van der Waals surface area (Å²) in [7, 11) is 0. The third-order valence-corrected chi connectivity index (χ3v) is 7.43. The zero-order chi connectivity index (χ0) is 26.3. The van der Waals surface area contributed by atoms with E-state index in [4.69, 9.17) is 4.74 Å². The van der Waals surface area contributed by atoms with Crippen LogP contribution in [-0.4, -0.2) is 73.4 Å². The van der Waals surface area contributed by atoms with E-state index in [9.17, 15) is 9.59 Å². The van der Waals surface area contributed by atoms with Crippen LogP contribution in [0.15, 0.2) is 24.7 Å². The number of nitrogens with one attached hydrogen (secondary N) is 3. The molecule has 194 valence electrons. The van der Waals surface area contributed by atoms with E-state index in [1.165, 1.54) is 11.3 Å². The molecule has 37 heavy (non-hydrogen) atoms. The maximum Gasteiger partial charge on any atom is 0.260 e. The molecule has 4 aromatic heterocycles. The Kier molecular flexibility index (Phi) is 6.80. The molecule has 5 heterocycles. The Morgan fingerprint density at radius 1 is 1.14 bits per heavy atom. The maximum absolute atomic E-state index is 13.2. The summed E-state index contributed by atoms with van der Waals surface area (Å²) in [6.45, 7) is 11.4. The molecule has 0 saturated carbocycles. The van der Waals surface area contributed by atoms with Gasteiger partial charge in [0.2, 0.25) is 5.91 Å². The van der Waals surface area contributed by atoms with Crippen molar-refractivity contribution in [3.8, 4) is 10.4 Å². The number of ether oxygens (including phenoxy) is 1. The van der Waals surface area contributed by atoms with E-state index in [1.807, 2.05) is 33.9 Å². The van der Waals surface area contributed by atoms with E-state index < -0.39 is 0 Å². The number of amides is 2. The highest BCUT2D eigenvalue weighted by molar-refractivity contribution is 7.21. The molecule has 1 aliphatic rings. The highest BCUT2D eigenvalue weighted by atomic mass is 32.1. The normalized spacial score (nSPS) is 18.3. The minimum absolute atomic E-state index is 0.0851. The van der Waals surface area contributed by atoms with E-state index in [2.05, 4.69) is 35.8 Å². The van der Waals surface area contributed by atoms with Crippen molar-refractivity contribution in [2.45, 2.75) is 46.8 Å². The molecule has 1 aliphatic heterocycles. The van der Waals surface area contributed by atoms with Crippen LogP contribution in [0, 0.1) is 20.8 Å². The fourth-order valence-electron chi connectivity index (χ4n) is 4.71. The van der Waals surface area contributed by atoms with Gasteiger partial charge in [-0.15, -0.1) is 11.3 Å². The molecule has 4 aromatic rings. The van der Waals surface area contributed by atoms with Crippen LogP contribution in [0.3, 0.4) is 0 Å². The van der Waals surface area contributed by atoms with Gasteiger partial charge in [-0.2, -0.15) is 10.2 Å². The number of carbonyl (C=O) groups excluding carboxylic acids is 2. The largest absolute Gasteiger partial charge is 0.373 e. The van der Waals surface area contributed by atoms with Crippen molar-refractivity contribution < 1.29 is 14.3 Å². The third-order valence-electron chi connectivity index (χ3n) is 6.30. The summed E-state index contributed by atoms with van der Waals surface area (Å²) in [5, 5.41) is 17.5. The molecular weight excluding hydrogens is 492 g/mol. The Morgan fingerprint density at radius 3 is 2.59 bits per heavy atom. The van der Waals surface area contributed by atoms with Gasteiger partial charge in [0, 0.05) is 30.5 Å². The number of morpholine rings is 1. The Hall–Kier alpha value is -3.61. The smallest absolute Gasteiger partial charge is 0.260 e. The summed E-state index contributed by atoms with van der Waals surface area (Å²) in [5.74, 6) is -0.438. The Labute approximate surface area is 218 Å². The van der Waals surface area contributed by atoms with E-state index in [0.29, 0.717) is 35.7 Å². The second-order valence-corrected chi connectivity index (χ2v) is 10.6. The van der Waals surface area contributed by atoms with Gasteiger partial charge in [0.05, 0.1) is 64.3 Å². The number of carbonyl (C=O) groups is 2. The molecule has 1 saturated heterocycles. The number of rotatable bonds is 6. The van der Waals surface area contributed by atoms with Crippen molar-refractivity contribution in [2.75, 3.05) is 30.3 Å². The molecule has 11 nitrogen and oxygen atoms in total. The van der Waals surface area contributed by atoms with Gasteiger partial charge in [0.15, 0.2) is 0 Å². The van der Waals surface area contributed by atoms with Gasteiger partial charge in [0.1, 0.15) is 4.83 Å². The number of anilines is 2. The van der Waals surface area contributed by atoms with E-state index in [-0.39, 0.29) is 30.6 Å². The fraction of sp³-hybridized carbons (Fsp3) is 0.400. The average Bonchev–Trinajstić information content (AvgIpc) is 3.49. The molecule has 0 aromatic carbocycles. The first kappa shape index (κ1) is 25.1. The van der Waals surface area contributed by atoms with Crippen LogP contribution in [0.2, 0.25) is 0 Å². The quantitative estimate of drug-likeness (QED) is 0.354. The zero-order valence-corrected chi connectivity index (χ0v) is 22.3. The van der Waals surface area contributed by atoms with Gasteiger partial charge < -0.3 is 15.4 Å². The molecule has 0 aliphatic carbocycles. The highest BCUT2D eigenvalue weighted by Gasteiger charge is 2.24. The van der Waals surface area contributed by atoms with Crippen molar-refractivity contribution >= 4 is 39.4 Å². The first-order chi connectivity index (χ1) is 17.7. The predicted octanol–water partition coefficient (Wildman–Crippen LogP) is 3.41. The van der Waals surface area contributed by atoms with Gasteiger partial charge in [-0.05, 0) is 40.7 Å². The number of pyridine rings is 1. The molecule has 0 bridgehead atoms. The number of fused-ring (bicyclic) bond motifs is 1. The van der Waals surface area contributed by atoms with Crippen LogP contribution >= 0.6 is 11.3 Å². The van der Waals surface area contributed by atoms with Crippen LogP contribution < -0.4 is 10.6 Å². The molecule has 0 radical (unpaired) electrons. The summed E-state index contributed by atoms with van der Waals surface area (Å²) in [5.41, 5.74) is 5.02. The van der Waals surface area contributed by atoms with Crippen molar-refractivity contribution in [1.82, 2.24) is 29.7 Å². The van der Waals surface area contributed by atoms with Gasteiger partial charge >= 0.3 is 0 Å². The van der Waals surface area contributed by atoms with Crippen molar-refractivity contribution in [3.05, 3.63) is 47.3 Å². The monoisotopic (exact) mass is 522 g/mol. The van der Waals surface area contributed by atoms with Crippen LogP contribution in [0.4, 0.5) is 11.4 Å². The average molecular weight is 523 g/mol. The molecule has 2 atom stereocenters. The number of nitrogens with zero attached hydrogens (tertiary/aromatic N) is 5. The maximum atomic E-state index is 13.2. The second kappa shape index (κ2) is 10.0. The molecule has 12 heteroatoms. The number of hydrogen-bond acceptors (Lipinski definition) is 8. The molecule has 0 unspecified atom stereocenters. The van der Waals surface area contributed by atoms with Crippen LogP contribution in [-0.2, 0) is 9.53 Å². The van der Waals surface area contributed by atoms with E-state index in [1.54, 1.807) is 29.9 Å². The van der Waals surface area contributed by atoms with Crippen molar-refractivity contribution in [2.24, 2.45) is 0 Å². The molecule has 2 amide bonds. The lowest BCUT2D eigenvalue weighted by Gasteiger charge is -2.34. The van der Waals surface area contributed by atoms with E-state index >= 15 is 0 Å². The van der Waals surface area contributed by atoms with Gasteiger partial charge in [-0.3, -0.25) is 24.6 Å². The lowest BCUT2D eigenvalue weighted by Crippen LogP contribution is -2.48. The number of aryl methyl sites for hydroxylation is 3. The lowest BCUT2D eigenvalue weighted by atomic mass is 10.2. The van der Waals surface area contributed by atoms with Crippen molar-refractivity contribution in [1.29, 1.82) is 0 Å². The zero-order valence-electron chi connectivity index (χ0n) is 21.5. The summed E-state index contributed by atoms with van der Waals surface area (Å²) >= 11 is 1.48. The molecule has 3 N–H and O–H groups in total. The first-order valence-electron chi connectivity index (χ1n) is 12.1. The standard InChI is InChI=1S/C25H30N8O3S/c1-13-9-32(10-14(2)36-13)12-22(34)28-18-6-20(15(3)26-7-18)29-24(35)19-8-27-33-11-21(37-25(19)33)23-16(4)30-31-17(23)5/h6-8,11,13-14H,9-10,12H2,1-5H3,(H,28,34)(H,29,35)(H,30,31)/t13-,14-/m0/s1. The number of aromatic amines is 1. The Balaban J connectivity index is 1.30. The summed E-state index contributed by atoms with van der Waals surface area (Å²) in [4.78, 5) is 34.0. The van der Waals surface area contributed by atoms with Crippen LogP contribution in [0.1, 0.15) is 41.3 Å². The summed E-state index contributed by atoms with van der Waals surface area (Å²) < 4.78 is 7.44. The van der Waals surface area contributed by atoms with Crippen LogP contribution in [0.5, 0.6) is 0 Å². The number of thiazole rings is 1. The highest BCUT2D eigenvalue weighted by Crippen LogP contribution is 2.34. The van der Waals surface area contributed by atoms with Gasteiger partial charge in [-0.1, -0.05) is 0 Å². The number of aromatic nitrogens is 5. The van der Waals surface area contributed by atoms with E-state index in [0.717, 1.165) is 26.7 Å². The SMILES string of the molecule is Cc1ncc(NC(=O)CN2C[C@H](C)O[C@@H](C)C2)cc1NC(=O)c1cnn2cc(-c3c(C)n[nH]c3C)sc12. The first-order valence-corrected chi connectivity index (χ1v) is 12.9. The number of hydrogen-bond donors (Lipinski definition) is 3. The van der Waals surface area contributed by atoms with Gasteiger partial charge in [-0.25, -0.2) is 4.52 Å². The Morgan fingerprint density at radius 2 is 1.89 bits per heavy atom. The summed E-state index contributed by atoms with van der Waals surface area (Å²) in [6, 6.07) is 1.72. The topological polar surface area (TPSA) is 130 Å². The van der Waals surface area contributed by atoms with Gasteiger partial charge in [0.25, 0.3) is 5.91 Å². The van der Waals surface area contributed by atoms with Crippen molar-refractivity contribution in [3.63, 3.8) is 0 Å².